The first-order valence-electron chi connectivity index (χ1n) is 10.2. The maximum Gasteiger partial charge on any atom is 0.227 e. The third-order valence-corrected chi connectivity index (χ3v) is 5.59. The molecule has 4 rings (SSSR count). The van der Waals surface area contributed by atoms with Crippen molar-refractivity contribution >= 4 is 17.5 Å². The fraction of sp³-hybridized carbons (Fsp3) is 0.304. The molecule has 1 saturated heterocycles. The van der Waals surface area contributed by atoms with Crippen molar-refractivity contribution in [3.8, 4) is 17.5 Å². The topological polar surface area (TPSA) is 86.3 Å². The molecule has 0 spiro atoms. The van der Waals surface area contributed by atoms with Crippen molar-refractivity contribution < 1.29 is 9.32 Å². The van der Waals surface area contributed by atoms with E-state index in [1.165, 1.54) is 5.56 Å². The molecule has 0 bridgehead atoms. The molecule has 7 nitrogen and oxygen atoms in total. The highest BCUT2D eigenvalue weighted by atomic mass is 35.5. The number of halogens is 1. The number of piperazine rings is 1. The van der Waals surface area contributed by atoms with Crippen LogP contribution in [0.15, 0.2) is 53.1 Å². The van der Waals surface area contributed by atoms with Gasteiger partial charge in [0.05, 0.1) is 11.6 Å². The van der Waals surface area contributed by atoms with Gasteiger partial charge in [0, 0.05) is 56.2 Å². The van der Waals surface area contributed by atoms with Crippen molar-refractivity contribution in [3.05, 3.63) is 70.6 Å². The average molecular weight is 436 g/mol. The molecule has 1 aromatic heterocycles. The highest BCUT2D eigenvalue weighted by Crippen LogP contribution is 2.19. The summed E-state index contributed by atoms with van der Waals surface area (Å²) in [6.07, 6.45) is 0.767. The molecule has 8 heteroatoms. The van der Waals surface area contributed by atoms with Crippen LogP contribution in [0.2, 0.25) is 5.02 Å². The van der Waals surface area contributed by atoms with Crippen LogP contribution in [-0.2, 0) is 17.8 Å². The minimum Gasteiger partial charge on any atom is -0.340 e. The molecule has 158 valence electrons. The molecule has 0 aliphatic carbocycles. The number of hydrogen-bond donors (Lipinski definition) is 0. The van der Waals surface area contributed by atoms with Crippen molar-refractivity contribution in [1.29, 1.82) is 5.26 Å². The Bertz CT molecular complexity index is 1060. The Morgan fingerprint density at radius 3 is 2.45 bits per heavy atom. The minimum absolute atomic E-state index is 0.101. The van der Waals surface area contributed by atoms with Gasteiger partial charge in [0.1, 0.15) is 0 Å². The smallest absolute Gasteiger partial charge is 0.227 e. The SMILES string of the molecule is N#Cc1ccc(CN2CCN(C(=O)CCc3nc(-c4ccc(Cl)cc4)no3)CC2)cc1. The lowest BCUT2D eigenvalue weighted by molar-refractivity contribution is -0.133. The van der Waals surface area contributed by atoms with E-state index in [0.29, 0.717) is 48.2 Å². The summed E-state index contributed by atoms with van der Waals surface area (Å²) < 4.78 is 5.29. The summed E-state index contributed by atoms with van der Waals surface area (Å²) >= 11 is 5.90. The molecule has 0 saturated carbocycles. The fourth-order valence-corrected chi connectivity index (χ4v) is 3.67. The second-order valence-corrected chi connectivity index (χ2v) is 7.92. The van der Waals surface area contributed by atoms with Crippen LogP contribution in [-0.4, -0.2) is 52.0 Å². The highest BCUT2D eigenvalue weighted by molar-refractivity contribution is 6.30. The van der Waals surface area contributed by atoms with Gasteiger partial charge in [0.25, 0.3) is 0 Å². The second-order valence-electron chi connectivity index (χ2n) is 7.48. The number of aromatic nitrogens is 2. The maximum atomic E-state index is 12.6. The first-order chi connectivity index (χ1) is 15.1. The summed E-state index contributed by atoms with van der Waals surface area (Å²) in [7, 11) is 0. The van der Waals surface area contributed by atoms with Crippen molar-refractivity contribution in [2.24, 2.45) is 0 Å². The zero-order chi connectivity index (χ0) is 21.6. The van der Waals surface area contributed by atoms with Crippen LogP contribution in [0.4, 0.5) is 0 Å². The number of hydrogen-bond acceptors (Lipinski definition) is 6. The van der Waals surface area contributed by atoms with Crippen LogP contribution in [0.3, 0.4) is 0 Å². The molecule has 0 N–H and O–H groups in total. The quantitative estimate of drug-likeness (QED) is 0.588. The maximum absolute atomic E-state index is 12.6. The number of carbonyl (C=O) groups is 1. The summed E-state index contributed by atoms with van der Waals surface area (Å²) in [6.45, 7) is 3.88. The highest BCUT2D eigenvalue weighted by Gasteiger charge is 2.21. The Hall–Kier alpha value is -3.21. The molecule has 1 aliphatic heterocycles. The molecule has 2 heterocycles. The fourth-order valence-electron chi connectivity index (χ4n) is 3.54. The third-order valence-electron chi connectivity index (χ3n) is 5.34. The van der Waals surface area contributed by atoms with Gasteiger partial charge in [0.15, 0.2) is 0 Å². The Labute approximate surface area is 185 Å². The molecular formula is C23H22ClN5O2. The Morgan fingerprint density at radius 2 is 1.77 bits per heavy atom. The van der Waals surface area contributed by atoms with E-state index in [9.17, 15) is 4.79 Å². The van der Waals surface area contributed by atoms with E-state index in [0.717, 1.165) is 25.2 Å². The molecule has 0 unspecified atom stereocenters. The lowest BCUT2D eigenvalue weighted by atomic mass is 10.1. The molecule has 2 aromatic carbocycles. The normalized spacial score (nSPS) is 14.4. The van der Waals surface area contributed by atoms with Gasteiger partial charge in [0.2, 0.25) is 17.6 Å². The van der Waals surface area contributed by atoms with E-state index in [2.05, 4.69) is 21.1 Å². The van der Waals surface area contributed by atoms with Gasteiger partial charge < -0.3 is 9.42 Å². The zero-order valence-corrected chi connectivity index (χ0v) is 17.8. The van der Waals surface area contributed by atoms with Crippen molar-refractivity contribution in [2.75, 3.05) is 26.2 Å². The van der Waals surface area contributed by atoms with Crippen LogP contribution in [0, 0.1) is 11.3 Å². The summed E-state index contributed by atoms with van der Waals surface area (Å²) in [5.41, 5.74) is 2.66. The third kappa shape index (κ3) is 5.48. The van der Waals surface area contributed by atoms with E-state index in [-0.39, 0.29) is 5.91 Å². The number of carbonyl (C=O) groups excluding carboxylic acids is 1. The van der Waals surface area contributed by atoms with Gasteiger partial charge in [-0.1, -0.05) is 28.9 Å². The van der Waals surface area contributed by atoms with Crippen molar-refractivity contribution in [1.82, 2.24) is 19.9 Å². The molecule has 1 amide bonds. The van der Waals surface area contributed by atoms with E-state index >= 15 is 0 Å². The number of aryl methyl sites for hydroxylation is 1. The first-order valence-corrected chi connectivity index (χ1v) is 10.6. The standard InChI is InChI=1S/C23H22ClN5O2/c24-20-7-5-19(6-8-20)23-26-21(31-27-23)9-10-22(30)29-13-11-28(12-14-29)16-18-3-1-17(15-25)2-4-18/h1-8H,9-14,16H2. The molecular weight excluding hydrogens is 414 g/mol. The van der Waals surface area contributed by atoms with Crippen LogP contribution >= 0.6 is 11.6 Å². The number of amides is 1. The largest absolute Gasteiger partial charge is 0.340 e. The van der Waals surface area contributed by atoms with Crippen LogP contribution < -0.4 is 0 Å². The summed E-state index contributed by atoms with van der Waals surface area (Å²) in [6, 6.07) is 17.0. The predicted molar refractivity (Wildman–Crippen MR) is 116 cm³/mol. The van der Waals surface area contributed by atoms with E-state index in [1.807, 2.05) is 41.3 Å². The predicted octanol–water partition coefficient (Wildman–Crippen LogP) is 3.54. The van der Waals surface area contributed by atoms with Gasteiger partial charge in [-0.3, -0.25) is 9.69 Å². The molecule has 0 atom stereocenters. The minimum atomic E-state index is 0.101. The van der Waals surface area contributed by atoms with Crippen LogP contribution in [0.25, 0.3) is 11.4 Å². The number of rotatable bonds is 6. The average Bonchev–Trinajstić information content (AvgIpc) is 3.28. The lowest BCUT2D eigenvalue weighted by Crippen LogP contribution is -2.48. The monoisotopic (exact) mass is 435 g/mol. The molecule has 31 heavy (non-hydrogen) atoms. The van der Waals surface area contributed by atoms with E-state index in [1.54, 1.807) is 12.1 Å². The summed E-state index contributed by atoms with van der Waals surface area (Å²) in [5, 5.41) is 13.5. The van der Waals surface area contributed by atoms with Gasteiger partial charge in [-0.25, -0.2) is 0 Å². The van der Waals surface area contributed by atoms with Crippen molar-refractivity contribution in [2.45, 2.75) is 19.4 Å². The molecule has 3 aromatic rings. The first kappa shape index (κ1) is 21.0. The Balaban J connectivity index is 1.23. The number of benzene rings is 2. The van der Waals surface area contributed by atoms with Gasteiger partial charge in [-0.15, -0.1) is 0 Å². The van der Waals surface area contributed by atoms with Crippen LogP contribution in [0.1, 0.15) is 23.4 Å². The van der Waals surface area contributed by atoms with Crippen LogP contribution in [0.5, 0.6) is 0 Å². The molecule has 1 aliphatic rings. The number of nitrogens with zero attached hydrogens (tertiary/aromatic N) is 5. The Morgan fingerprint density at radius 1 is 1.06 bits per heavy atom. The summed E-state index contributed by atoms with van der Waals surface area (Å²) in [5.74, 6) is 1.05. The zero-order valence-electron chi connectivity index (χ0n) is 17.0. The molecule has 0 radical (unpaired) electrons. The van der Waals surface area contributed by atoms with E-state index in [4.69, 9.17) is 21.4 Å². The second kappa shape index (κ2) is 9.73. The van der Waals surface area contributed by atoms with Gasteiger partial charge in [-0.2, -0.15) is 10.2 Å². The Kier molecular flexibility index (Phi) is 6.60. The van der Waals surface area contributed by atoms with Crippen molar-refractivity contribution in [3.63, 3.8) is 0 Å². The van der Waals surface area contributed by atoms with Gasteiger partial charge >= 0.3 is 0 Å². The van der Waals surface area contributed by atoms with Gasteiger partial charge in [-0.05, 0) is 42.0 Å². The summed E-state index contributed by atoms with van der Waals surface area (Å²) in [4.78, 5) is 21.2. The molecule has 1 fully saturated rings. The lowest BCUT2D eigenvalue weighted by Gasteiger charge is -2.34. The van der Waals surface area contributed by atoms with E-state index < -0.39 is 0 Å². The number of nitriles is 1.